The van der Waals surface area contributed by atoms with Gasteiger partial charge in [-0.05, 0) is 25.7 Å². The second-order valence-electron chi connectivity index (χ2n) is 9.82. The van der Waals surface area contributed by atoms with Gasteiger partial charge in [0.25, 0.3) is 0 Å². The predicted octanol–water partition coefficient (Wildman–Crippen LogP) is 9.16. The lowest BCUT2D eigenvalue weighted by Crippen LogP contribution is -2.41. The summed E-state index contributed by atoms with van der Waals surface area (Å²) in [6.07, 6.45) is 29.0. The minimum Gasteiger partial charge on any atom is -0.444 e. The highest BCUT2D eigenvalue weighted by Crippen LogP contribution is 2.14. The Morgan fingerprint density at radius 2 is 0.700 bits per heavy atom. The molecule has 0 aromatic heterocycles. The van der Waals surface area contributed by atoms with Crippen LogP contribution in [0.25, 0.3) is 0 Å². The van der Waals surface area contributed by atoms with Crippen LogP contribution in [0.15, 0.2) is 5.34 Å². The monoisotopic (exact) mass is 428 g/mol. The van der Waals surface area contributed by atoms with Crippen molar-refractivity contribution in [3.05, 3.63) is 10.1 Å². The predicted molar refractivity (Wildman–Crippen MR) is 135 cm³/mol. The van der Waals surface area contributed by atoms with Gasteiger partial charge < -0.3 is 14.6 Å². The van der Waals surface area contributed by atoms with Crippen LogP contribution in [0.5, 0.6) is 0 Å². The summed E-state index contributed by atoms with van der Waals surface area (Å²) in [4.78, 5) is 8.00. The van der Waals surface area contributed by atoms with E-state index in [9.17, 15) is 0 Å². The summed E-state index contributed by atoms with van der Waals surface area (Å²) >= 11 is 0. The lowest BCUT2D eigenvalue weighted by atomic mass is 10.1. The molecule has 0 N–H and O–H groups in total. The second-order valence-corrected chi connectivity index (χ2v) is 9.82. The molecule has 0 saturated carbocycles. The van der Waals surface area contributed by atoms with Crippen molar-refractivity contribution in [1.29, 1.82) is 0 Å². The molecule has 0 amide bonds. The molecule has 0 rings (SSSR count). The summed E-state index contributed by atoms with van der Waals surface area (Å²) in [6, 6.07) is 0. The zero-order chi connectivity index (χ0) is 22.8. The van der Waals surface area contributed by atoms with E-state index in [1.165, 1.54) is 146 Å². The Balaban J connectivity index is 0. The molecule has 30 heavy (non-hydrogen) atoms. The average Bonchev–Trinajstić information content (AvgIpc) is 2.71. The first-order chi connectivity index (χ1) is 14.5. The Kier molecular flexibility index (Phi) is 27.8. The van der Waals surface area contributed by atoms with Crippen LogP contribution in [0.2, 0.25) is 0 Å². The summed E-state index contributed by atoms with van der Waals surface area (Å²) in [5, 5.41) is 9.00. The zero-order valence-electron chi connectivity index (χ0n) is 21.3. The molecular formula is C26H56N2O2. The Bertz CT molecular complexity index is 296. The van der Waals surface area contributed by atoms with Crippen molar-refractivity contribution in [2.45, 2.75) is 142 Å². The minimum atomic E-state index is 1.00. The Morgan fingerprint density at radius 3 is 0.933 bits per heavy atom. The number of nitrogens with zero attached hydrogens (tertiary/aromatic N) is 2. The summed E-state index contributed by atoms with van der Waals surface area (Å²) in [7, 11) is 4.89. The first kappa shape index (κ1) is 31.5. The van der Waals surface area contributed by atoms with Crippen LogP contribution in [0.4, 0.5) is 0 Å². The summed E-state index contributed by atoms with van der Waals surface area (Å²) < 4.78 is 1.24. The lowest BCUT2D eigenvalue weighted by Gasteiger charge is -2.30. The Morgan fingerprint density at radius 1 is 0.500 bits per heavy atom. The van der Waals surface area contributed by atoms with E-state index in [2.05, 4.69) is 27.9 Å². The van der Waals surface area contributed by atoms with Gasteiger partial charge in [-0.2, -0.15) is 0 Å². The summed E-state index contributed by atoms with van der Waals surface area (Å²) in [5.41, 5.74) is 0. The van der Waals surface area contributed by atoms with Crippen LogP contribution in [0.3, 0.4) is 0 Å². The Hall–Kier alpha value is -0.640. The molecule has 0 aromatic carbocycles. The Labute approximate surface area is 189 Å². The molecule has 0 aliphatic carbocycles. The first-order valence-electron chi connectivity index (χ1n) is 13.3. The van der Waals surface area contributed by atoms with E-state index in [0.717, 1.165) is 5.34 Å². The van der Waals surface area contributed by atoms with Gasteiger partial charge in [0, 0.05) is 0 Å². The van der Waals surface area contributed by atoms with Gasteiger partial charge in [0.1, 0.15) is 0 Å². The van der Waals surface area contributed by atoms with Gasteiger partial charge in [-0.25, -0.2) is 0 Å². The van der Waals surface area contributed by atoms with E-state index in [-0.39, 0.29) is 0 Å². The van der Waals surface area contributed by atoms with E-state index in [4.69, 9.17) is 10.1 Å². The number of hydrogen-bond acceptors (Lipinski definition) is 3. The highest BCUT2D eigenvalue weighted by molar-refractivity contribution is 4.50. The van der Waals surface area contributed by atoms with Gasteiger partial charge in [0.05, 0.1) is 27.2 Å². The van der Waals surface area contributed by atoms with Gasteiger partial charge in [0.15, 0.2) is 0 Å². The zero-order valence-corrected chi connectivity index (χ0v) is 21.3. The van der Waals surface area contributed by atoms with E-state index in [1.54, 1.807) is 0 Å². The standard InChI is InChI=1S/C26H56N.HNO2/c1-5-7-9-11-13-15-17-19-21-23-25-27(3,4)26-24-22-20-18-16-14-12-10-8-6-2;2-1-3/h5-26H2,1-4H3;(H,2,3)/q+1;/p-1. The molecule has 0 saturated heterocycles. The lowest BCUT2D eigenvalue weighted by molar-refractivity contribution is -0.890. The molecule has 0 spiro atoms. The maximum atomic E-state index is 8.00. The van der Waals surface area contributed by atoms with E-state index in [1.807, 2.05) is 0 Å². The first-order valence-corrected chi connectivity index (χ1v) is 13.3. The third kappa shape index (κ3) is 29.6. The van der Waals surface area contributed by atoms with Crippen molar-refractivity contribution in [3.63, 3.8) is 0 Å². The maximum Gasteiger partial charge on any atom is 0.0782 e. The van der Waals surface area contributed by atoms with E-state index >= 15 is 0 Å². The van der Waals surface area contributed by atoms with Crippen molar-refractivity contribution in [3.8, 4) is 0 Å². The molecule has 4 nitrogen and oxygen atoms in total. The molecule has 0 aliphatic heterocycles. The fourth-order valence-electron chi connectivity index (χ4n) is 4.17. The SMILES string of the molecule is CCCCCCCCCCCC[N+](C)(C)CCCCCCCCCCCC.O=N[O-]. The molecule has 0 unspecified atom stereocenters. The fraction of sp³-hybridized carbons (Fsp3) is 1.00. The normalized spacial score (nSPS) is 11.2. The van der Waals surface area contributed by atoms with Crippen LogP contribution in [-0.2, 0) is 0 Å². The molecule has 4 heteroatoms. The maximum absolute atomic E-state index is 8.00. The van der Waals surface area contributed by atoms with Crippen LogP contribution in [0.1, 0.15) is 142 Å². The molecule has 0 fully saturated rings. The van der Waals surface area contributed by atoms with Gasteiger partial charge in [0.2, 0.25) is 0 Å². The van der Waals surface area contributed by atoms with Crippen molar-refractivity contribution >= 4 is 0 Å². The number of quaternary nitrogens is 1. The largest absolute Gasteiger partial charge is 0.444 e. The van der Waals surface area contributed by atoms with Crippen molar-refractivity contribution in [2.24, 2.45) is 5.34 Å². The fourth-order valence-corrected chi connectivity index (χ4v) is 4.17. The van der Waals surface area contributed by atoms with Crippen molar-refractivity contribution in [2.75, 3.05) is 27.2 Å². The minimum absolute atomic E-state index is 1.00. The molecule has 0 atom stereocenters. The smallest absolute Gasteiger partial charge is 0.0782 e. The molecule has 182 valence electrons. The van der Waals surface area contributed by atoms with Gasteiger partial charge in [-0.3, -0.25) is 0 Å². The highest BCUT2D eigenvalue weighted by Gasteiger charge is 2.13. The van der Waals surface area contributed by atoms with Gasteiger partial charge in [-0.15, -0.1) is 5.34 Å². The van der Waals surface area contributed by atoms with Crippen LogP contribution in [0, 0.1) is 10.1 Å². The van der Waals surface area contributed by atoms with Crippen LogP contribution >= 0.6 is 0 Å². The molecular weight excluding hydrogens is 372 g/mol. The van der Waals surface area contributed by atoms with Crippen LogP contribution < -0.4 is 0 Å². The average molecular weight is 429 g/mol. The molecule has 0 aliphatic rings. The summed E-state index contributed by atoms with van der Waals surface area (Å²) in [6.45, 7) is 7.37. The topological polar surface area (TPSA) is 52.5 Å². The molecule has 0 radical (unpaired) electrons. The number of hydrogen-bond donors (Lipinski definition) is 0. The van der Waals surface area contributed by atoms with E-state index < -0.39 is 0 Å². The number of rotatable bonds is 22. The quantitative estimate of drug-likeness (QED) is 0.0746. The number of unbranched alkanes of at least 4 members (excludes halogenated alkanes) is 18. The summed E-state index contributed by atoms with van der Waals surface area (Å²) in [5.74, 6) is 0. The van der Waals surface area contributed by atoms with E-state index in [0.29, 0.717) is 0 Å². The third-order valence-electron chi connectivity index (χ3n) is 6.23. The highest BCUT2D eigenvalue weighted by atomic mass is 16.6. The van der Waals surface area contributed by atoms with Crippen molar-refractivity contribution < 1.29 is 4.48 Å². The van der Waals surface area contributed by atoms with Crippen molar-refractivity contribution in [1.82, 2.24) is 0 Å². The van der Waals surface area contributed by atoms with Crippen LogP contribution in [-0.4, -0.2) is 31.7 Å². The molecule has 0 heterocycles. The van der Waals surface area contributed by atoms with Gasteiger partial charge >= 0.3 is 0 Å². The molecule has 0 aromatic rings. The second kappa shape index (κ2) is 26.4. The third-order valence-corrected chi connectivity index (χ3v) is 6.23. The van der Waals surface area contributed by atoms with Gasteiger partial charge in [-0.1, -0.05) is 117 Å². The molecule has 0 bridgehead atoms.